The van der Waals surface area contributed by atoms with E-state index in [-0.39, 0.29) is 18.2 Å². The number of aliphatic hydroxyl groups is 1. The average Bonchev–Trinajstić information content (AvgIpc) is 3.33. The van der Waals surface area contributed by atoms with Gasteiger partial charge in [0.1, 0.15) is 0 Å². The molecule has 2 amide bonds. The molecule has 4 rings (SSSR count). The molecule has 7 heteroatoms. The van der Waals surface area contributed by atoms with Crippen LogP contribution < -0.4 is 15.5 Å². The number of carbonyl (C=O) groups is 2. The summed E-state index contributed by atoms with van der Waals surface area (Å²) in [5.74, 6) is -0.586. The molecule has 39 heavy (non-hydrogen) atoms. The van der Waals surface area contributed by atoms with Gasteiger partial charge in [0.25, 0.3) is 0 Å². The fraction of sp³-hybridized carbons (Fsp3) is 0.375. The van der Waals surface area contributed by atoms with E-state index in [4.69, 9.17) is 0 Å². The number of nitrogens with one attached hydrogen (secondary N) is 2. The largest absolute Gasteiger partial charge is 0.390 e. The standard InChI is InChI=1S/C32H40N4O3/c1-35(2)28-15-9-14-26(18-28)21-33-22-30(37)29(19-25-12-7-4-8-13-25)34-32(39)27-20-31(38)36(23-27)17-16-24-10-5-3-6-11-24/h3-15,18,27,29-30,33,37H,16-17,19-23H2,1-2H3,(H,34,39)/t27-,29+,30-/m1/s1. The molecule has 0 unspecified atom stereocenters. The summed E-state index contributed by atoms with van der Waals surface area (Å²) in [6.45, 7) is 1.95. The molecule has 0 radical (unpaired) electrons. The van der Waals surface area contributed by atoms with Gasteiger partial charge in [-0.2, -0.15) is 0 Å². The quantitative estimate of drug-likeness (QED) is 0.318. The molecule has 0 spiro atoms. The summed E-state index contributed by atoms with van der Waals surface area (Å²) in [6.07, 6.45) is 0.677. The Bertz CT molecular complexity index is 1200. The Balaban J connectivity index is 1.34. The molecule has 0 aromatic heterocycles. The number of amides is 2. The topological polar surface area (TPSA) is 84.9 Å². The van der Waals surface area contributed by atoms with Gasteiger partial charge >= 0.3 is 0 Å². The van der Waals surface area contributed by atoms with Crippen molar-refractivity contribution in [2.75, 3.05) is 38.6 Å². The van der Waals surface area contributed by atoms with Crippen molar-refractivity contribution in [3.8, 4) is 0 Å². The highest BCUT2D eigenvalue weighted by Crippen LogP contribution is 2.20. The van der Waals surface area contributed by atoms with Gasteiger partial charge in [0.05, 0.1) is 18.1 Å². The van der Waals surface area contributed by atoms with Crippen molar-refractivity contribution in [3.63, 3.8) is 0 Å². The Morgan fingerprint density at radius 2 is 1.64 bits per heavy atom. The Morgan fingerprint density at radius 3 is 2.33 bits per heavy atom. The summed E-state index contributed by atoms with van der Waals surface area (Å²) < 4.78 is 0. The molecule has 1 saturated heterocycles. The van der Waals surface area contributed by atoms with Gasteiger partial charge in [-0.1, -0.05) is 72.8 Å². The third-order valence-electron chi connectivity index (χ3n) is 7.30. The maximum atomic E-state index is 13.3. The highest BCUT2D eigenvalue weighted by molar-refractivity contribution is 5.89. The van der Waals surface area contributed by atoms with Crippen molar-refractivity contribution in [2.45, 2.75) is 38.0 Å². The number of anilines is 1. The van der Waals surface area contributed by atoms with Crippen LogP contribution >= 0.6 is 0 Å². The van der Waals surface area contributed by atoms with Gasteiger partial charge in [-0.25, -0.2) is 0 Å². The van der Waals surface area contributed by atoms with Gasteiger partial charge in [-0.15, -0.1) is 0 Å². The smallest absolute Gasteiger partial charge is 0.225 e. The number of hydrogen-bond acceptors (Lipinski definition) is 5. The lowest BCUT2D eigenvalue weighted by atomic mass is 9.99. The molecular formula is C32H40N4O3. The van der Waals surface area contributed by atoms with Gasteiger partial charge in [0.15, 0.2) is 0 Å². The molecule has 3 aromatic carbocycles. The molecule has 0 saturated carbocycles. The third-order valence-corrected chi connectivity index (χ3v) is 7.30. The van der Waals surface area contributed by atoms with Crippen molar-refractivity contribution in [1.82, 2.24) is 15.5 Å². The molecule has 3 aromatic rings. The number of benzene rings is 3. The fourth-order valence-corrected chi connectivity index (χ4v) is 4.98. The van der Waals surface area contributed by atoms with Crippen molar-refractivity contribution in [3.05, 3.63) is 102 Å². The molecular weight excluding hydrogens is 488 g/mol. The van der Waals surface area contributed by atoms with Crippen molar-refractivity contribution >= 4 is 17.5 Å². The predicted octanol–water partition coefficient (Wildman–Crippen LogP) is 3.02. The second-order valence-corrected chi connectivity index (χ2v) is 10.5. The fourth-order valence-electron chi connectivity index (χ4n) is 4.98. The molecule has 1 aliphatic heterocycles. The lowest BCUT2D eigenvalue weighted by Gasteiger charge is -2.26. The van der Waals surface area contributed by atoms with E-state index in [2.05, 4.69) is 33.7 Å². The number of hydrogen-bond donors (Lipinski definition) is 3. The lowest BCUT2D eigenvalue weighted by Crippen LogP contribution is -2.50. The molecule has 7 nitrogen and oxygen atoms in total. The van der Waals surface area contributed by atoms with Crippen LogP contribution in [0, 0.1) is 5.92 Å². The summed E-state index contributed by atoms with van der Waals surface area (Å²) in [4.78, 5) is 29.8. The summed E-state index contributed by atoms with van der Waals surface area (Å²) >= 11 is 0. The second-order valence-electron chi connectivity index (χ2n) is 10.5. The van der Waals surface area contributed by atoms with E-state index in [0.717, 1.165) is 23.2 Å². The van der Waals surface area contributed by atoms with Crippen LogP contribution in [0.2, 0.25) is 0 Å². The second kappa shape index (κ2) is 13.9. The predicted molar refractivity (Wildman–Crippen MR) is 155 cm³/mol. The Kier molecular flexibility index (Phi) is 10.1. The lowest BCUT2D eigenvalue weighted by molar-refractivity contribution is -0.129. The van der Waals surface area contributed by atoms with Crippen LogP contribution in [0.5, 0.6) is 0 Å². The first-order valence-electron chi connectivity index (χ1n) is 13.7. The minimum absolute atomic E-state index is 0.00728. The summed E-state index contributed by atoms with van der Waals surface area (Å²) in [5, 5.41) is 17.6. The maximum absolute atomic E-state index is 13.3. The number of nitrogens with zero attached hydrogens (tertiary/aromatic N) is 2. The number of aliphatic hydroxyl groups excluding tert-OH is 1. The van der Waals surface area contributed by atoms with Crippen molar-refractivity contribution in [2.24, 2.45) is 5.92 Å². The van der Waals surface area contributed by atoms with E-state index >= 15 is 0 Å². The monoisotopic (exact) mass is 528 g/mol. The van der Waals surface area contributed by atoms with Crippen LogP contribution in [0.4, 0.5) is 5.69 Å². The van der Waals surface area contributed by atoms with E-state index in [0.29, 0.717) is 32.6 Å². The SMILES string of the molecule is CN(C)c1cccc(CNC[C@@H](O)[C@H](Cc2ccccc2)NC(=O)[C@@H]2CC(=O)N(CCc3ccccc3)C2)c1. The Morgan fingerprint density at radius 1 is 0.974 bits per heavy atom. The van der Waals surface area contributed by atoms with E-state index in [1.807, 2.05) is 80.8 Å². The minimum atomic E-state index is -0.794. The Labute approximate surface area is 231 Å². The summed E-state index contributed by atoms with van der Waals surface area (Å²) in [5.41, 5.74) is 4.45. The molecule has 1 aliphatic rings. The zero-order chi connectivity index (χ0) is 27.6. The maximum Gasteiger partial charge on any atom is 0.225 e. The zero-order valence-corrected chi connectivity index (χ0v) is 22.9. The number of rotatable bonds is 13. The van der Waals surface area contributed by atoms with Crippen LogP contribution in [0.1, 0.15) is 23.1 Å². The third kappa shape index (κ3) is 8.40. The van der Waals surface area contributed by atoms with E-state index in [1.54, 1.807) is 4.90 Å². The van der Waals surface area contributed by atoms with Gasteiger partial charge < -0.3 is 25.5 Å². The minimum Gasteiger partial charge on any atom is -0.390 e. The van der Waals surface area contributed by atoms with Gasteiger partial charge in [0.2, 0.25) is 11.8 Å². The number of carbonyl (C=O) groups excluding carboxylic acids is 2. The molecule has 1 fully saturated rings. The average molecular weight is 529 g/mol. The van der Waals surface area contributed by atoms with Gasteiger partial charge in [0, 0.05) is 52.4 Å². The molecule has 3 atom stereocenters. The molecule has 1 heterocycles. The first-order chi connectivity index (χ1) is 18.9. The van der Waals surface area contributed by atoms with Crippen LogP contribution in [0.3, 0.4) is 0 Å². The van der Waals surface area contributed by atoms with Crippen LogP contribution in [-0.4, -0.2) is 67.7 Å². The zero-order valence-electron chi connectivity index (χ0n) is 22.9. The van der Waals surface area contributed by atoms with E-state index in [9.17, 15) is 14.7 Å². The highest BCUT2D eigenvalue weighted by Gasteiger charge is 2.35. The van der Waals surface area contributed by atoms with E-state index in [1.165, 1.54) is 5.56 Å². The first kappa shape index (κ1) is 28.3. The molecule has 206 valence electrons. The van der Waals surface area contributed by atoms with Crippen LogP contribution in [0.15, 0.2) is 84.9 Å². The van der Waals surface area contributed by atoms with Gasteiger partial charge in [-0.05, 0) is 41.7 Å². The Hall–Kier alpha value is -3.68. The van der Waals surface area contributed by atoms with E-state index < -0.39 is 18.1 Å². The summed E-state index contributed by atoms with van der Waals surface area (Å²) in [7, 11) is 4.02. The normalized spacial score (nSPS) is 16.6. The van der Waals surface area contributed by atoms with Crippen LogP contribution in [-0.2, 0) is 29.0 Å². The van der Waals surface area contributed by atoms with Crippen molar-refractivity contribution in [1.29, 1.82) is 0 Å². The molecule has 3 N–H and O–H groups in total. The number of likely N-dealkylation sites (tertiary alicyclic amines) is 1. The highest BCUT2D eigenvalue weighted by atomic mass is 16.3. The van der Waals surface area contributed by atoms with Gasteiger partial charge in [-0.3, -0.25) is 9.59 Å². The molecule has 0 bridgehead atoms. The first-order valence-corrected chi connectivity index (χ1v) is 13.7. The summed E-state index contributed by atoms with van der Waals surface area (Å²) in [6, 6.07) is 27.7. The van der Waals surface area contributed by atoms with Crippen molar-refractivity contribution < 1.29 is 14.7 Å². The molecule has 0 aliphatic carbocycles. The van der Waals surface area contributed by atoms with Crippen LogP contribution in [0.25, 0.3) is 0 Å².